The number of para-hydroxylation sites is 1. The van der Waals surface area contributed by atoms with Crippen LogP contribution in [0.25, 0.3) is 10.9 Å². The molecule has 1 aliphatic rings. The molecule has 3 rings (SSSR count). The Balaban J connectivity index is 1.89. The zero-order chi connectivity index (χ0) is 13.9. The van der Waals surface area contributed by atoms with Gasteiger partial charge in [-0.2, -0.15) is 4.98 Å². The zero-order valence-electron chi connectivity index (χ0n) is 11.3. The van der Waals surface area contributed by atoms with Crippen LogP contribution in [-0.2, 0) is 0 Å². The second-order valence-electron chi connectivity index (χ2n) is 4.91. The minimum atomic E-state index is 0.312. The van der Waals surface area contributed by atoms with Crippen LogP contribution in [0, 0.1) is 0 Å². The summed E-state index contributed by atoms with van der Waals surface area (Å²) in [5.41, 5.74) is 0.899. The molecular formula is C15H17ClN4. The van der Waals surface area contributed by atoms with Gasteiger partial charge in [0.1, 0.15) is 5.82 Å². The number of benzene rings is 1. The molecule has 5 heteroatoms. The van der Waals surface area contributed by atoms with Gasteiger partial charge in [-0.05, 0) is 23.7 Å². The molecule has 0 bridgehead atoms. The van der Waals surface area contributed by atoms with Crippen LogP contribution in [0.2, 0.25) is 5.28 Å². The Bertz CT molecular complexity index is 620. The first-order chi connectivity index (χ1) is 9.78. The number of anilines is 1. The number of hydrogen-bond donors (Lipinski definition) is 0. The molecule has 0 spiro atoms. The monoisotopic (exact) mass is 288 g/mol. The van der Waals surface area contributed by atoms with E-state index in [-0.39, 0.29) is 0 Å². The summed E-state index contributed by atoms with van der Waals surface area (Å²) in [4.78, 5) is 13.4. The number of piperazine rings is 1. The first kappa shape index (κ1) is 13.3. The SMILES string of the molecule is C=CCN1CCN(c2nc(Cl)nc3ccccc23)CC1. The molecule has 104 valence electrons. The Kier molecular flexibility index (Phi) is 3.85. The normalized spacial score (nSPS) is 16.6. The highest BCUT2D eigenvalue weighted by Crippen LogP contribution is 2.26. The van der Waals surface area contributed by atoms with E-state index in [9.17, 15) is 0 Å². The Morgan fingerprint density at radius 2 is 1.90 bits per heavy atom. The molecule has 2 heterocycles. The molecular weight excluding hydrogens is 272 g/mol. The molecule has 1 saturated heterocycles. The van der Waals surface area contributed by atoms with Crippen LogP contribution in [0.15, 0.2) is 36.9 Å². The number of fused-ring (bicyclic) bond motifs is 1. The summed E-state index contributed by atoms with van der Waals surface area (Å²) < 4.78 is 0. The van der Waals surface area contributed by atoms with Gasteiger partial charge in [-0.25, -0.2) is 4.98 Å². The number of rotatable bonds is 3. The van der Waals surface area contributed by atoms with Crippen LogP contribution in [0.1, 0.15) is 0 Å². The minimum Gasteiger partial charge on any atom is -0.353 e. The van der Waals surface area contributed by atoms with Crippen LogP contribution in [0.3, 0.4) is 0 Å². The standard InChI is InChI=1S/C15H17ClN4/c1-2-7-19-8-10-20(11-9-19)14-12-5-3-4-6-13(12)17-15(16)18-14/h2-6H,1,7-11H2. The Hall–Kier alpha value is -1.65. The third kappa shape index (κ3) is 2.62. The predicted molar refractivity (Wildman–Crippen MR) is 83.4 cm³/mol. The Labute approximate surface area is 123 Å². The van der Waals surface area contributed by atoms with Crippen molar-refractivity contribution in [3.05, 3.63) is 42.2 Å². The largest absolute Gasteiger partial charge is 0.353 e. The molecule has 1 fully saturated rings. The summed E-state index contributed by atoms with van der Waals surface area (Å²) in [7, 11) is 0. The van der Waals surface area contributed by atoms with Gasteiger partial charge in [0.2, 0.25) is 5.28 Å². The van der Waals surface area contributed by atoms with E-state index in [4.69, 9.17) is 11.6 Å². The predicted octanol–water partition coefficient (Wildman–Crippen LogP) is 2.59. The maximum Gasteiger partial charge on any atom is 0.224 e. The lowest BCUT2D eigenvalue weighted by molar-refractivity contribution is 0.284. The van der Waals surface area contributed by atoms with E-state index in [0.717, 1.165) is 49.4 Å². The maximum absolute atomic E-state index is 6.05. The molecule has 0 amide bonds. The smallest absolute Gasteiger partial charge is 0.224 e. The van der Waals surface area contributed by atoms with Gasteiger partial charge in [0.15, 0.2) is 0 Å². The quantitative estimate of drug-likeness (QED) is 0.642. The average molecular weight is 289 g/mol. The third-order valence-electron chi connectivity index (χ3n) is 3.61. The van der Waals surface area contributed by atoms with Gasteiger partial charge in [0, 0.05) is 38.1 Å². The summed E-state index contributed by atoms with van der Waals surface area (Å²) in [6, 6.07) is 8.01. The Morgan fingerprint density at radius 3 is 2.65 bits per heavy atom. The van der Waals surface area contributed by atoms with Crippen LogP contribution in [-0.4, -0.2) is 47.6 Å². The zero-order valence-corrected chi connectivity index (χ0v) is 12.1. The van der Waals surface area contributed by atoms with Crippen molar-refractivity contribution in [3.63, 3.8) is 0 Å². The van der Waals surface area contributed by atoms with Crippen molar-refractivity contribution >= 4 is 28.3 Å². The van der Waals surface area contributed by atoms with Crippen LogP contribution in [0.5, 0.6) is 0 Å². The van der Waals surface area contributed by atoms with Crippen molar-refractivity contribution in [1.82, 2.24) is 14.9 Å². The summed E-state index contributed by atoms with van der Waals surface area (Å²) in [5.74, 6) is 0.943. The van der Waals surface area contributed by atoms with Crippen molar-refractivity contribution < 1.29 is 0 Å². The van der Waals surface area contributed by atoms with Crippen molar-refractivity contribution in [2.45, 2.75) is 0 Å². The topological polar surface area (TPSA) is 32.3 Å². The van der Waals surface area contributed by atoms with Crippen LogP contribution in [0.4, 0.5) is 5.82 Å². The first-order valence-corrected chi connectivity index (χ1v) is 7.16. The van der Waals surface area contributed by atoms with Crippen molar-refractivity contribution in [1.29, 1.82) is 0 Å². The van der Waals surface area contributed by atoms with Gasteiger partial charge >= 0.3 is 0 Å². The minimum absolute atomic E-state index is 0.312. The summed E-state index contributed by atoms with van der Waals surface area (Å²) in [5, 5.41) is 1.38. The molecule has 0 unspecified atom stereocenters. The third-order valence-corrected chi connectivity index (χ3v) is 3.78. The fourth-order valence-corrected chi connectivity index (χ4v) is 2.77. The molecule has 0 N–H and O–H groups in total. The number of nitrogens with zero attached hydrogens (tertiary/aromatic N) is 4. The second-order valence-corrected chi connectivity index (χ2v) is 5.25. The number of halogens is 1. The van der Waals surface area contributed by atoms with Crippen molar-refractivity contribution in [2.75, 3.05) is 37.6 Å². The number of aromatic nitrogens is 2. The lowest BCUT2D eigenvalue weighted by Gasteiger charge is -2.35. The molecule has 0 aliphatic carbocycles. The van der Waals surface area contributed by atoms with E-state index in [1.54, 1.807) is 0 Å². The van der Waals surface area contributed by atoms with Crippen LogP contribution < -0.4 is 4.90 Å². The van der Waals surface area contributed by atoms with Crippen molar-refractivity contribution in [3.8, 4) is 0 Å². The lowest BCUT2D eigenvalue weighted by Crippen LogP contribution is -2.46. The van der Waals surface area contributed by atoms with Gasteiger partial charge in [-0.15, -0.1) is 6.58 Å². The molecule has 1 aliphatic heterocycles. The van der Waals surface area contributed by atoms with E-state index >= 15 is 0 Å². The van der Waals surface area contributed by atoms with E-state index < -0.39 is 0 Å². The average Bonchev–Trinajstić information content (AvgIpc) is 2.47. The van der Waals surface area contributed by atoms with Crippen LogP contribution >= 0.6 is 11.6 Å². The van der Waals surface area contributed by atoms with Gasteiger partial charge in [0.05, 0.1) is 5.52 Å². The fraction of sp³-hybridized carbons (Fsp3) is 0.333. The number of hydrogen-bond acceptors (Lipinski definition) is 4. The maximum atomic E-state index is 6.05. The molecule has 20 heavy (non-hydrogen) atoms. The Morgan fingerprint density at radius 1 is 1.15 bits per heavy atom. The van der Waals surface area contributed by atoms with Gasteiger partial charge in [-0.1, -0.05) is 18.2 Å². The molecule has 0 atom stereocenters. The first-order valence-electron chi connectivity index (χ1n) is 6.78. The van der Waals surface area contributed by atoms with Gasteiger partial charge in [-0.3, -0.25) is 4.90 Å². The highest BCUT2D eigenvalue weighted by atomic mass is 35.5. The highest BCUT2D eigenvalue weighted by Gasteiger charge is 2.19. The molecule has 0 saturated carbocycles. The molecule has 2 aromatic rings. The summed E-state index contributed by atoms with van der Waals surface area (Å²) in [6.07, 6.45) is 1.95. The van der Waals surface area contributed by atoms with Gasteiger partial charge in [0.25, 0.3) is 0 Å². The highest BCUT2D eigenvalue weighted by molar-refractivity contribution is 6.28. The van der Waals surface area contributed by atoms with E-state index in [2.05, 4.69) is 32.4 Å². The summed E-state index contributed by atoms with van der Waals surface area (Å²) >= 11 is 6.05. The fourth-order valence-electron chi connectivity index (χ4n) is 2.60. The molecule has 1 aromatic carbocycles. The summed E-state index contributed by atoms with van der Waals surface area (Å²) in [6.45, 7) is 8.67. The van der Waals surface area contributed by atoms with Gasteiger partial charge < -0.3 is 4.90 Å². The van der Waals surface area contributed by atoms with Crippen molar-refractivity contribution in [2.24, 2.45) is 0 Å². The molecule has 0 radical (unpaired) electrons. The van der Waals surface area contributed by atoms with E-state index in [1.807, 2.05) is 24.3 Å². The molecule has 4 nitrogen and oxygen atoms in total. The molecule has 1 aromatic heterocycles. The second kappa shape index (κ2) is 5.77. The van der Waals surface area contributed by atoms with E-state index in [1.165, 1.54) is 0 Å². The van der Waals surface area contributed by atoms with E-state index in [0.29, 0.717) is 5.28 Å². The lowest BCUT2D eigenvalue weighted by atomic mass is 10.2.